The molecule has 1 saturated carbocycles. The second-order valence-electron chi connectivity index (χ2n) is 11.9. The van der Waals surface area contributed by atoms with Crippen molar-refractivity contribution >= 4 is 44.9 Å². The van der Waals surface area contributed by atoms with Gasteiger partial charge in [-0.05, 0) is 86.2 Å². The van der Waals surface area contributed by atoms with Crippen LogP contribution in [0.3, 0.4) is 0 Å². The van der Waals surface area contributed by atoms with Gasteiger partial charge >= 0.3 is 11.8 Å². The highest BCUT2D eigenvalue weighted by Gasteiger charge is 2.41. The topological polar surface area (TPSA) is 104 Å². The SMILES string of the molecule is CCc1cc(NC(=O)C(=O)N2C[C@@H](C)CC[C@@H]2c2ccc3sc([C@@H]4C[C@@H]5CN(C)C[C@@H]5C4)nc3c2)cnc1N. The van der Waals surface area contributed by atoms with Crippen molar-refractivity contribution < 1.29 is 9.59 Å². The zero-order valence-electron chi connectivity index (χ0n) is 23.0. The fourth-order valence-electron chi connectivity index (χ4n) is 6.99. The number of hydrogen-bond donors (Lipinski definition) is 2. The minimum absolute atomic E-state index is 0.147. The van der Waals surface area contributed by atoms with E-state index in [2.05, 4.69) is 47.4 Å². The third-order valence-electron chi connectivity index (χ3n) is 9.01. The van der Waals surface area contributed by atoms with Crippen molar-refractivity contribution in [1.29, 1.82) is 0 Å². The number of nitrogens with one attached hydrogen (secondary N) is 1. The Labute approximate surface area is 234 Å². The highest BCUT2D eigenvalue weighted by atomic mass is 32.1. The molecule has 6 rings (SSSR count). The molecule has 0 bridgehead atoms. The maximum Gasteiger partial charge on any atom is 0.313 e. The number of nitrogens with zero attached hydrogens (tertiary/aromatic N) is 4. The summed E-state index contributed by atoms with van der Waals surface area (Å²) in [5.41, 5.74) is 9.30. The first-order chi connectivity index (χ1) is 18.8. The molecule has 1 aromatic carbocycles. The van der Waals surface area contributed by atoms with Gasteiger partial charge in [0.1, 0.15) is 5.82 Å². The van der Waals surface area contributed by atoms with Crippen molar-refractivity contribution in [3.8, 4) is 0 Å². The average molecular weight is 547 g/mol. The molecule has 2 aliphatic heterocycles. The van der Waals surface area contributed by atoms with Crippen LogP contribution < -0.4 is 11.1 Å². The summed E-state index contributed by atoms with van der Waals surface area (Å²) >= 11 is 1.82. The molecule has 8 nitrogen and oxygen atoms in total. The summed E-state index contributed by atoms with van der Waals surface area (Å²) in [5.74, 6) is 1.78. The largest absolute Gasteiger partial charge is 0.383 e. The van der Waals surface area contributed by atoms with Crippen LogP contribution in [0.1, 0.15) is 67.6 Å². The van der Waals surface area contributed by atoms with E-state index in [0.29, 0.717) is 36.3 Å². The molecule has 3 fully saturated rings. The summed E-state index contributed by atoms with van der Waals surface area (Å²) in [4.78, 5) is 40.0. The van der Waals surface area contributed by atoms with Gasteiger partial charge in [0.05, 0.1) is 33.2 Å². The second-order valence-corrected chi connectivity index (χ2v) is 13.0. The molecular weight excluding hydrogens is 508 g/mol. The van der Waals surface area contributed by atoms with Gasteiger partial charge in [0, 0.05) is 25.6 Å². The predicted octanol–water partition coefficient (Wildman–Crippen LogP) is 4.83. The van der Waals surface area contributed by atoms with E-state index >= 15 is 0 Å². The quantitative estimate of drug-likeness (QED) is 0.454. The number of fused-ring (bicyclic) bond motifs is 2. The van der Waals surface area contributed by atoms with Crippen LogP contribution in [-0.4, -0.2) is 58.3 Å². The van der Waals surface area contributed by atoms with Crippen molar-refractivity contribution in [3.05, 3.63) is 46.6 Å². The van der Waals surface area contributed by atoms with Crippen LogP contribution in [0.2, 0.25) is 0 Å². The molecule has 3 aromatic rings. The van der Waals surface area contributed by atoms with E-state index in [1.165, 1.54) is 41.8 Å². The van der Waals surface area contributed by atoms with E-state index < -0.39 is 11.8 Å². The Balaban J connectivity index is 1.20. The molecular formula is C30H38N6O2S. The lowest BCUT2D eigenvalue weighted by molar-refractivity contribution is -0.146. The van der Waals surface area contributed by atoms with Gasteiger partial charge < -0.3 is 20.9 Å². The Bertz CT molecular complexity index is 1390. The number of carbonyl (C=O) groups excluding carboxylic acids is 2. The molecule has 0 radical (unpaired) electrons. The number of aromatic nitrogens is 2. The number of pyridine rings is 1. The zero-order valence-corrected chi connectivity index (χ0v) is 23.8. The van der Waals surface area contributed by atoms with Crippen LogP contribution in [0.15, 0.2) is 30.5 Å². The Morgan fingerprint density at radius 2 is 1.90 bits per heavy atom. The molecule has 3 aliphatic rings. The van der Waals surface area contributed by atoms with E-state index in [1.54, 1.807) is 11.0 Å². The highest BCUT2D eigenvalue weighted by molar-refractivity contribution is 7.18. The van der Waals surface area contributed by atoms with Gasteiger partial charge in [0.2, 0.25) is 0 Å². The van der Waals surface area contributed by atoms with Crippen LogP contribution in [-0.2, 0) is 16.0 Å². The van der Waals surface area contributed by atoms with Gasteiger partial charge in [-0.25, -0.2) is 9.97 Å². The van der Waals surface area contributed by atoms with Gasteiger partial charge in [-0.1, -0.05) is 19.9 Å². The van der Waals surface area contributed by atoms with E-state index in [1.807, 2.05) is 18.3 Å². The highest BCUT2D eigenvalue weighted by Crippen LogP contribution is 2.47. The van der Waals surface area contributed by atoms with Gasteiger partial charge in [-0.3, -0.25) is 9.59 Å². The van der Waals surface area contributed by atoms with E-state index in [0.717, 1.165) is 41.3 Å². The number of amides is 2. The summed E-state index contributed by atoms with van der Waals surface area (Å²) in [6.07, 6.45) is 6.51. The maximum atomic E-state index is 13.5. The number of hydrogen-bond acceptors (Lipinski definition) is 7. The Hall–Kier alpha value is -3.04. The third-order valence-corrected chi connectivity index (χ3v) is 10.2. The van der Waals surface area contributed by atoms with Gasteiger partial charge in [0.25, 0.3) is 0 Å². The first-order valence-corrected chi connectivity index (χ1v) is 15.1. The van der Waals surface area contributed by atoms with Crippen molar-refractivity contribution in [1.82, 2.24) is 19.8 Å². The minimum Gasteiger partial charge on any atom is -0.383 e. The molecule has 1 aliphatic carbocycles. The number of anilines is 2. The number of piperidine rings is 1. The molecule has 0 unspecified atom stereocenters. The first-order valence-electron chi connectivity index (χ1n) is 14.2. The standard InChI is InChI=1S/C30H38N6O2S/c1-4-18-11-23(13-32-27(18)31)33-28(37)30(38)36-14-17(2)5-7-25(36)19-6-8-26-24(12-19)34-29(39-26)20-9-21-15-35(3)16-22(21)10-20/h6,8,11-13,17,20-22,25H,4-5,7,9-10,14-16H2,1-3H3,(H2,31,32)(H,33,37)/t17-,20-,21-,22+,25+/m0/s1. The van der Waals surface area contributed by atoms with E-state index in [-0.39, 0.29) is 6.04 Å². The molecule has 39 heavy (non-hydrogen) atoms. The van der Waals surface area contributed by atoms with Crippen LogP contribution in [0.25, 0.3) is 10.2 Å². The lowest BCUT2D eigenvalue weighted by Gasteiger charge is -2.38. The van der Waals surface area contributed by atoms with Crippen molar-refractivity contribution in [2.75, 3.05) is 37.7 Å². The molecule has 2 saturated heterocycles. The smallest absolute Gasteiger partial charge is 0.313 e. The summed E-state index contributed by atoms with van der Waals surface area (Å²) in [6, 6.07) is 8.07. The number of thiazole rings is 1. The number of nitrogens with two attached hydrogens (primary N) is 1. The minimum atomic E-state index is -0.642. The number of benzene rings is 1. The number of nitrogen functional groups attached to an aromatic ring is 1. The van der Waals surface area contributed by atoms with Crippen LogP contribution >= 0.6 is 11.3 Å². The molecule has 206 valence electrons. The number of carbonyl (C=O) groups is 2. The molecule has 5 atom stereocenters. The number of rotatable bonds is 4. The Morgan fingerprint density at radius 3 is 2.64 bits per heavy atom. The second kappa shape index (κ2) is 10.5. The lowest BCUT2D eigenvalue weighted by Crippen LogP contribution is -2.46. The first kappa shape index (κ1) is 26.2. The number of likely N-dealkylation sites (tertiary alicyclic amines) is 2. The molecule has 0 spiro atoms. The van der Waals surface area contributed by atoms with Crippen molar-refractivity contribution in [2.24, 2.45) is 17.8 Å². The molecule has 2 amide bonds. The summed E-state index contributed by atoms with van der Waals surface area (Å²) in [5, 5.41) is 4.01. The monoisotopic (exact) mass is 546 g/mol. The normalized spacial score (nSPS) is 27.2. The summed E-state index contributed by atoms with van der Waals surface area (Å²) < 4.78 is 1.20. The molecule has 2 aromatic heterocycles. The Morgan fingerprint density at radius 1 is 1.13 bits per heavy atom. The fourth-order valence-corrected chi connectivity index (χ4v) is 8.06. The summed E-state index contributed by atoms with van der Waals surface area (Å²) in [7, 11) is 2.23. The van der Waals surface area contributed by atoms with Crippen LogP contribution in [0, 0.1) is 17.8 Å². The Kier molecular flexibility index (Phi) is 7.05. The summed E-state index contributed by atoms with van der Waals surface area (Å²) in [6.45, 7) is 7.08. The maximum absolute atomic E-state index is 13.5. The molecule has 9 heteroatoms. The number of aryl methyl sites for hydroxylation is 1. The van der Waals surface area contributed by atoms with Crippen LogP contribution in [0.4, 0.5) is 11.5 Å². The fraction of sp³-hybridized carbons (Fsp3) is 0.533. The van der Waals surface area contributed by atoms with Gasteiger partial charge in [0.15, 0.2) is 0 Å². The van der Waals surface area contributed by atoms with Crippen molar-refractivity contribution in [2.45, 2.75) is 57.9 Å². The van der Waals surface area contributed by atoms with E-state index in [9.17, 15) is 9.59 Å². The predicted molar refractivity (Wildman–Crippen MR) is 156 cm³/mol. The van der Waals surface area contributed by atoms with Gasteiger partial charge in [-0.15, -0.1) is 11.3 Å². The molecule has 4 heterocycles. The van der Waals surface area contributed by atoms with Gasteiger partial charge in [-0.2, -0.15) is 0 Å². The molecule has 3 N–H and O–H groups in total. The lowest BCUT2D eigenvalue weighted by atomic mass is 9.89. The van der Waals surface area contributed by atoms with Crippen molar-refractivity contribution in [3.63, 3.8) is 0 Å². The third kappa shape index (κ3) is 5.14. The van der Waals surface area contributed by atoms with E-state index in [4.69, 9.17) is 10.7 Å². The zero-order chi connectivity index (χ0) is 27.3. The average Bonchev–Trinajstić information content (AvgIpc) is 3.61. The van der Waals surface area contributed by atoms with Crippen LogP contribution in [0.5, 0.6) is 0 Å².